The number of rotatable bonds is 14. The summed E-state index contributed by atoms with van der Waals surface area (Å²) in [6.45, 7) is 37.8. The number of amides is 2. The van der Waals surface area contributed by atoms with Gasteiger partial charge in [0.2, 0.25) is 11.8 Å². The van der Waals surface area contributed by atoms with Crippen molar-refractivity contribution in [3.8, 4) is 20.9 Å². The number of carbonyl (C=O) groups is 6. The molecule has 4 aromatic carbocycles. The molecule has 2 saturated heterocycles. The molecule has 612 valence electrons. The van der Waals surface area contributed by atoms with Gasteiger partial charge in [0.15, 0.2) is 5.78 Å². The SMILES string of the molecule is CC(C)c1ccc(Br)cc1.COC(=O)[C@@H]1C[C@@H](O)CN1.C[C@H](C(=O)N1C[C@H](O)C[C@H]1C(=O)O)C(C)(C)C.C[C@H](C(=O)O)C(C)(C)C.C[C@H](N)c1ccc(Br)cc1.Cc1cscn1.Cc1ncsc1-c1ccc([C@H](C)N)cc1.Cc1ncsc1-c1ccc([C@H](C)NC(=O)[C@@H]2C[C@@H](O)CC2C(=O)[C@@H](N)C(C)(C)C)cc1.Cl.Cl. The lowest BCUT2D eigenvalue weighted by molar-refractivity contribution is -0.151. The highest BCUT2D eigenvalue weighted by atomic mass is 79.9. The second kappa shape index (κ2) is 48.3. The summed E-state index contributed by atoms with van der Waals surface area (Å²) in [5.41, 5.74) is 32.7. The van der Waals surface area contributed by atoms with Gasteiger partial charge in [0, 0.05) is 69.9 Å². The summed E-state index contributed by atoms with van der Waals surface area (Å²) in [6.07, 6.45) is -0.622. The van der Waals surface area contributed by atoms with Crippen molar-refractivity contribution < 1.29 is 59.0 Å². The van der Waals surface area contributed by atoms with Gasteiger partial charge in [0.1, 0.15) is 12.1 Å². The van der Waals surface area contributed by atoms with Gasteiger partial charge in [0.25, 0.3) is 0 Å². The van der Waals surface area contributed by atoms with Crippen LogP contribution in [0.3, 0.4) is 0 Å². The molecule has 0 radical (unpaired) electrons. The summed E-state index contributed by atoms with van der Waals surface area (Å²) in [7, 11) is 1.34. The summed E-state index contributed by atoms with van der Waals surface area (Å²) >= 11 is 11.7. The van der Waals surface area contributed by atoms with Crippen LogP contribution in [0.25, 0.3) is 20.9 Å². The summed E-state index contributed by atoms with van der Waals surface area (Å²) in [5.74, 6) is -3.60. The van der Waals surface area contributed by atoms with Crippen LogP contribution in [-0.4, -0.2) is 138 Å². The number of Topliss-reactive ketones (excluding diaryl/α,β-unsaturated/α-hetero) is 1. The zero-order valence-corrected chi connectivity index (χ0v) is 74.5. The molecule has 2 aliphatic heterocycles. The summed E-state index contributed by atoms with van der Waals surface area (Å²) < 4.78 is 6.71. The summed E-state index contributed by atoms with van der Waals surface area (Å²) in [5, 5.41) is 54.1. The van der Waals surface area contributed by atoms with Crippen LogP contribution < -0.4 is 27.8 Å². The van der Waals surface area contributed by atoms with Gasteiger partial charge < -0.3 is 63.0 Å². The first kappa shape index (κ1) is 102. The number of likely N-dealkylation sites (tertiary alicyclic amines) is 1. The zero-order chi connectivity index (χ0) is 81.9. The van der Waals surface area contributed by atoms with Crippen molar-refractivity contribution in [3.05, 3.63) is 167 Å². The lowest BCUT2D eigenvalue weighted by Crippen LogP contribution is -2.48. The minimum absolute atomic E-state index is 0. The molecule has 10 rings (SSSR count). The molecule has 3 aliphatic rings. The number of aryl methyl sites for hydroxylation is 3. The van der Waals surface area contributed by atoms with E-state index in [2.05, 4.69) is 125 Å². The Labute approximate surface area is 693 Å². The molecule has 110 heavy (non-hydrogen) atoms. The van der Waals surface area contributed by atoms with E-state index in [4.69, 9.17) is 32.5 Å². The van der Waals surface area contributed by atoms with Gasteiger partial charge in [-0.15, -0.1) is 58.8 Å². The van der Waals surface area contributed by atoms with Crippen molar-refractivity contribution in [2.45, 2.75) is 218 Å². The number of methoxy groups -OCH3 is 1. The third kappa shape index (κ3) is 34.4. The largest absolute Gasteiger partial charge is 0.481 e. The average Bonchev–Trinajstić information content (AvgIpc) is 1.65. The third-order valence-electron chi connectivity index (χ3n) is 19.0. The molecule has 0 spiro atoms. The molecule has 1 aliphatic carbocycles. The topological polar surface area (TPSA) is 357 Å². The number of hydrogen-bond donors (Lipinski definition) is 10. The molecule has 3 fully saturated rings. The van der Waals surface area contributed by atoms with E-state index < -0.39 is 59.6 Å². The van der Waals surface area contributed by atoms with Gasteiger partial charge in [-0.2, -0.15) is 0 Å². The van der Waals surface area contributed by atoms with Gasteiger partial charge in [-0.05, 0) is 134 Å². The Hall–Kier alpha value is -5.95. The molecule has 28 heteroatoms. The number of benzene rings is 4. The fourth-order valence-electron chi connectivity index (χ4n) is 10.9. The first-order valence-corrected chi connectivity index (χ1v) is 40.6. The molecular weight excluding hydrogens is 1630 g/mol. The predicted octanol–water partition coefficient (Wildman–Crippen LogP) is 16.5. The highest BCUT2D eigenvalue weighted by Gasteiger charge is 2.46. The average molecular weight is 1750 g/mol. The minimum atomic E-state index is -1.05. The van der Waals surface area contributed by atoms with Crippen molar-refractivity contribution in [2.24, 2.45) is 57.1 Å². The van der Waals surface area contributed by atoms with Crippen LogP contribution in [0.15, 0.2) is 128 Å². The molecule has 2 amide bonds. The molecule has 13 N–H and O–H groups in total. The highest BCUT2D eigenvalue weighted by Crippen LogP contribution is 2.38. The smallest absolute Gasteiger partial charge is 0.326 e. The number of aliphatic carboxylic acids is 2. The Morgan fingerprint density at radius 1 is 0.573 bits per heavy atom. The number of carbonyl (C=O) groups excluding carboxylic acids is 4. The molecule has 13 atom stereocenters. The number of esters is 1. The number of ether oxygens (including phenoxy) is 1. The third-order valence-corrected chi connectivity index (χ3v) is 22.7. The first-order chi connectivity index (χ1) is 50.2. The Morgan fingerprint density at radius 3 is 1.34 bits per heavy atom. The van der Waals surface area contributed by atoms with Crippen LogP contribution in [-0.2, 0) is 33.5 Å². The van der Waals surface area contributed by atoms with E-state index >= 15 is 0 Å². The number of β-amino-alcohol motifs (C(OH)–C–C–N with tert-alkyl or cyclic N) is 2. The van der Waals surface area contributed by atoms with E-state index in [-0.39, 0.29) is 121 Å². The maximum Gasteiger partial charge on any atom is 0.326 e. The second-order valence-electron chi connectivity index (χ2n) is 31.2. The number of nitrogens with zero attached hydrogens (tertiary/aromatic N) is 4. The number of ketones is 1. The number of aliphatic hydroxyl groups is 3. The number of aromatic nitrogens is 3. The predicted molar refractivity (Wildman–Crippen MR) is 458 cm³/mol. The van der Waals surface area contributed by atoms with Gasteiger partial charge in [-0.25, -0.2) is 14.8 Å². The molecule has 5 heterocycles. The van der Waals surface area contributed by atoms with Crippen LogP contribution in [0.1, 0.15) is 200 Å². The molecule has 0 bridgehead atoms. The number of halogens is 4. The van der Waals surface area contributed by atoms with Gasteiger partial charge >= 0.3 is 17.9 Å². The molecule has 3 aromatic heterocycles. The molecule has 7 aromatic rings. The summed E-state index contributed by atoms with van der Waals surface area (Å²) in [6, 6.07) is 31.1. The Morgan fingerprint density at radius 2 is 1.01 bits per heavy atom. The van der Waals surface area contributed by atoms with Crippen molar-refractivity contribution in [3.63, 3.8) is 0 Å². The van der Waals surface area contributed by atoms with Crippen molar-refractivity contribution >= 4 is 126 Å². The van der Waals surface area contributed by atoms with Crippen LogP contribution >= 0.6 is 90.7 Å². The van der Waals surface area contributed by atoms with Gasteiger partial charge in [0.05, 0.1) is 87.0 Å². The van der Waals surface area contributed by atoms with Crippen LogP contribution in [0.2, 0.25) is 0 Å². The summed E-state index contributed by atoms with van der Waals surface area (Å²) in [4.78, 5) is 86.5. The number of carboxylic acid groups (broad SMARTS) is 2. The van der Waals surface area contributed by atoms with E-state index in [9.17, 15) is 39.0 Å². The standard InChI is InChI=1S/C24H33N3O3S.C12H14N2S.C12H21NO4.C9H11Br.C8H10BrN.C7H14O2.C6H11NO3.C4H5NS.2ClH/c1-13(15-6-8-16(9-7-15)21-14(2)26-12-31-21)27-23(30)19-11-17(28)10-18(19)20(29)22(25)24(3,4)5;1-8(13)10-3-5-11(6-4-10)12-9(2)14-7-15-12;1-7(12(2,3)4)10(15)13-6-8(14)5-9(13)11(16)17;1-7(2)8-3-5-9(10)6-4-8;1-6(10)7-2-4-8(9)5-3-7;1-5(6(8)9)7(2,3)4;1-10-6(9)5-2-4(8)3-7-5;1-4-2-6-3-5-4;;/h6-9,12-13,17-19,22,28H,10-11,25H2,1-5H3,(H,27,30);3-8H,13H2,1-2H3;7-9,14H,5-6H2,1-4H3,(H,16,17);3-7H,1-2H3;2-6H,10H2,1H3;5H,1-4H3,(H,8,9);4-5,7-8H,2-3H2,1H3;2-3H,1H3;2*1H/t13-,17-,18?,19+,22+;8-;7-,8-,9+;;6-;5-;4-,5+;;;/m001.011.../s1. The van der Waals surface area contributed by atoms with Crippen LogP contribution in [0.5, 0.6) is 0 Å². The van der Waals surface area contributed by atoms with Crippen molar-refractivity contribution in [1.29, 1.82) is 0 Å². The number of nitrogens with one attached hydrogen (secondary N) is 2. The van der Waals surface area contributed by atoms with Crippen LogP contribution in [0, 0.1) is 60.7 Å². The number of aliphatic hydroxyl groups excluding tert-OH is 3. The van der Waals surface area contributed by atoms with Gasteiger partial charge in [-0.3, -0.25) is 29.0 Å². The highest BCUT2D eigenvalue weighted by molar-refractivity contribution is 9.10. The Balaban J connectivity index is 0.000000663. The normalized spacial score (nSPS) is 19.3. The fraction of sp³-hybridized carbons (Fsp3) is 0.524. The van der Waals surface area contributed by atoms with E-state index in [0.717, 1.165) is 42.0 Å². The van der Waals surface area contributed by atoms with Crippen LogP contribution in [0.4, 0.5) is 0 Å². The zero-order valence-electron chi connectivity index (χ0n) is 67.3. The van der Waals surface area contributed by atoms with E-state index in [1.165, 1.54) is 39.1 Å². The lowest BCUT2D eigenvalue weighted by Gasteiger charge is -2.31. The monoisotopic (exact) mass is 1750 g/mol. The number of carboxylic acids is 2. The number of hydrogen-bond acceptors (Lipinski definition) is 20. The van der Waals surface area contributed by atoms with E-state index in [1.54, 1.807) is 47.9 Å². The maximum atomic E-state index is 13.0. The Bertz CT molecular complexity index is 3820. The van der Waals surface area contributed by atoms with E-state index in [1.807, 2.05) is 174 Å². The number of thiazole rings is 3. The first-order valence-electron chi connectivity index (χ1n) is 36.3. The lowest BCUT2D eigenvalue weighted by atomic mass is 9.78. The minimum Gasteiger partial charge on any atom is -0.481 e. The molecule has 1 saturated carbocycles. The number of nitrogens with two attached hydrogens (primary N) is 3. The molecule has 21 nitrogen and oxygen atoms in total. The molecular formula is C82H121Br2Cl2N9O12S3. The van der Waals surface area contributed by atoms with E-state index in [0.29, 0.717) is 18.9 Å². The Kier molecular flexibility index (Phi) is 44.8. The van der Waals surface area contributed by atoms with Crippen molar-refractivity contribution in [2.75, 3.05) is 20.2 Å². The fourth-order valence-corrected chi connectivity index (χ4v) is 13.6. The van der Waals surface area contributed by atoms with Crippen molar-refractivity contribution in [1.82, 2.24) is 30.5 Å². The quantitative estimate of drug-likeness (QED) is 0.0452. The van der Waals surface area contributed by atoms with Gasteiger partial charge in [-0.1, -0.05) is 195 Å². The maximum absolute atomic E-state index is 13.0. The molecule has 1 unspecified atom stereocenters. The second-order valence-corrected chi connectivity index (χ2v) is 35.4.